The number of hydrogen-bond donors (Lipinski definition) is 1. The van der Waals surface area contributed by atoms with Crippen LogP contribution in [0.5, 0.6) is 0 Å². The molecule has 0 saturated carbocycles. The predicted octanol–water partition coefficient (Wildman–Crippen LogP) is 2.77. The third kappa shape index (κ3) is 3.04. The molecule has 132 valence electrons. The number of carbonyl (C=O) groups excluding carboxylic acids is 1. The minimum absolute atomic E-state index is 0.247. The lowest BCUT2D eigenvalue weighted by atomic mass is 9.92. The average Bonchev–Trinajstić information content (AvgIpc) is 2.95. The van der Waals surface area contributed by atoms with Crippen molar-refractivity contribution >= 4 is 11.9 Å². The third-order valence-electron chi connectivity index (χ3n) is 4.52. The Balaban J connectivity index is 1.99. The summed E-state index contributed by atoms with van der Waals surface area (Å²) >= 11 is 0. The molecular weight excluding hydrogens is 318 g/mol. The molecule has 1 aliphatic rings. The summed E-state index contributed by atoms with van der Waals surface area (Å²) in [7, 11) is 0. The first-order chi connectivity index (χ1) is 11.7. The second-order valence-corrected chi connectivity index (χ2v) is 7.44. The van der Waals surface area contributed by atoms with E-state index in [4.69, 9.17) is 0 Å². The summed E-state index contributed by atoms with van der Waals surface area (Å²) in [6.07, 6.45) is 0.644. The lowest BCUT2D eigenvalue weighted by Crippen LogP contribution is -2.43. The molecule has 6 heteroatoms. The Bertz CT molecular complexity index is 833. The standard InChI is InChI=1S/C19H23N3O3/c1-12-11-15(20-22(12)19(2,3)4)17(23)21-10-9-13-7-5-6-8-14(13)16(21)18(24)25/h5-8,11,16H,9-10H2,1-4H3,(H,24,25)/t16-/m1/s1. The maximum atomic E-state index is 13.0. The van der Waals surface area contributed by atoms with E-state index in [1.807, 2.05) is 39.8 Å². The van der Waals surface area contributed by atoms with Crippen molar-refractivity contribution in [1.29, 1.82) is 0 Å². The second-order valence-electron chi connectivity index (χ2n) is 7.44. The van der Waals surface area contributed by atoms with Crippen molar-refractivity contribution in [2.24, 2.45) is 0 Å². The van der Waals surface area contributed by atoms with E-state index in [-0.39, 0.29) is 17.1 Å². The van der Waals surface area contributed by atoms with Crippen LogP contribution in [0, 0.1) is 6.92 Å². The number of benzene rings is 1. The molecule has 3 rings (SSSR count). The fourth-order valence-electron chi connectivity index (χ4n) is 3.46. The minimum Gasteiger partial charge on any atom is -0.479 e. The van der Waals surface area contributed by atoms with Crippen LogP contribution in [0.2, 0.25) is 0 Å². The zero-order valence-corrected chi connectivity index (χ0v) is 15.0. The first-order valence-corrected chi connectivity index (χ1v) is 8.39. The van der Waals surface area contributed by atoms with E-state index in [0.717, 1.165) is 11.3 Å². The van der Waals surface area contributed by atoms with E-state index in [1.54, 1.807) is 22.9 Å². The van der Waals surface area contributed by atoms with E-state index in [0.29, 0.717) is 18.5 Å². The van der Waals surface area contributed by atoms with E-state index >= 15 is 0 Å². The number of carbonyl (C=O) groups is 2. The molecule has 2 heterocycles. The van der Waals surface area contributed by atoms with Crippen molar-refractivity contribution in [3.63, 3.8) is 0 Å². The van der Waals surface area contributed by atoms with Gasteiger partial charge in [0.05, 0.1) is 5.54 Å². The smallest absolute Gasteiger partial charge is 0.331 e. The number of carboxylic acids is 1. The molecule has 1 N–H and O–H groups in total. The van der Waals surface area contributed by atoms with Crippen LogP contribution in [0.3, 0.4) is 0 Å². The number of aliphatic carboxylic acids is 1. The van der Waals surface area contributed by atoms with Crippen LogP contribution in [0.4, 0.5) is 0 Å². The Labute approximate surface area is 147 Å². The zero-order valence-electron chi connectivity index (χ0n) is 15.0. The number of carboxylic acid groups (broad SMARTS) is 1. The molecule has 0 radical (unpaired) electrons. The van der Waals surface area contributed by atoms with Crippen molar-refractivity contribution in [1.82, 2.24) is 14.7 Å². The van der Waals surface area contributed by atoms with Crippen LogP contribution >= 0.6 is 0 Å². The highest BCUT2D eigenvalue weighted by Gasteiger charge is 2.37. The third-order valence-corrected chi connectivity index (χ3v) is 4.52. The van der Waals surface area contributed by atoms with Gasteiger partial charge in [0.1, 0.15) is 0 Å². The highest BCUT2D eigenvalue weighted by molar-refractivity contribution is 5.95. The lowest BCUT2D eigenvalue weighted by Gasteiger charge is -2.34. The molecule has 1 aromatic carbocycles. The lowest BCUT2D eigenvalue weighted by molar-refractivity contribution is -0.143. The summed E-state index contributed by atoms with van der Waals surface area (Å²) in [6, 6.07) is 8.16. The van der Waals surface area contributed by atoms with E-state index in [9.17, 15) is 14.7 Å². The molecule has 0 unspecified atom stereocenters. The topological polar surface area (TPSA) is 75.4 Å². The van der Waals surface area contributed by atoms with E-state index in [1.165, 1.54) is 4.90 Å². The molecular formula is C19H23N3O3. The number of fused-ring (bicyclic) bond motifs is 1. The van der Waals surface area contributed by atoms with Gasteiger partial charge in [-0.1, -0.05) is 24.3 Å². The van der Waals surface area contributed by atoms with Gasteiger partial charge in [-0.2, -0.15) is 5.10 Å². The normalized spacial score (nSPS) is 17.3. The molecule has 0 aliphatic carbocycles. The van der Waals surface area contributed by atoms with Gasteiger partial charge in [-0.05, 0) is 51.3 Å². The number of rotatable bonds is 2. The summed E-state index contributed by atoms with van der Waals surface area (Å²) in [4.78, 5) is 26.3. The van der Waals surface area contributed by atoms with Crippen molar-refractivity contribution in [3.05, 3.63) is 52.8 Å². The fraction of sp³-hybridized carbons (Fsp3) is 0.421. The van der Waals surface area contributed by atoms with Crippen LogP contribution < -0.4 is 0 Å². The summed E-state index contributed by atoms with van der Waals surface area (Å²) in [6.45, 7) is 8.30. The molecule has 0 fully saturated rings. The van der Waals surface area contributed by atoms with Crippen molar-refractivity contribution in [3.8, 4) is 0 Å². The second kappa shape index (κ2) is 6.02. The van der Waals surface area contributed by atoms with Gasteiger partial charge >= 0.3 is 5.97 Å². The van der Waals surface area contributed by atoms with Crippen molar-refractivity contribution < 1.29 is 14.7 Å². The Morgan fingerprint density at radius 2 is 1.92 bits per heavy atom. The maximum Gasteiger partial charge on any atom is 0.331 e. The highest BCUT2D eigenvalue weighted by Crippen LogP contribution is 2.31. The molecule has 0 bridgehead atoms. The van der Waals surface area contributed by atoms with E-state index < -0.39 is 12.0 Å². The van der Waals surface area contributed by atoms with Crippen LogP contribution in [0.15, 0.2) is 30.3 Å². The average molecular weight is 341 g/mol. The molecule has 1 amide bonds. The van der Waals surface area contributed by atoms with Crippen LogP contribution in [-0.2, 0) is 16.8 Å². The monoisotopic (exact) mass is 341 g/mol. The first kappa shape index (κ1) is 17.2. The van der Waals surface area contributed by atoms with Crippen LogP contribution in [-0.4, -0.2) is 38.2 Å². The van der Waals surface area contributed by atoms with Crippen molar-refractivity contribution in [2.45, 2.75) is 45.7 Å². The number of aryl methyl sites for hydroxylation is 1. The van der Waals surface area contributed by atoms with Crippen LogP contribution in [0.25, 0.3) is 0 Å². The fourth-order valence-corrected chi connectivity index (χ4v) is 3.46. The van der Waals surface area contributed by atoms with Gasteiger partial charge < -0.3 is 10.0 Å². The van der Waals surface area contributed by atoms with Crippen LogP contribution in [0.1, 0.15) is 54.1 Å². The number of nitrogens with zero attached hydrogens (tertiary/aromatic N) is 3. The Morgan fingerprint density at radius 3 is 2.52 bits per heavy atom. The van der Waals surface area contributed by atoms with Gasteiger partial charge in [0.25, 0.3) is 5.91 Å². The summed E-state index contributed by atoms with van der Waals surface area (Å²) in [5.41, 5.74) is 2.58. The van der Waals surface area contributed by atoms with Crippen molar-refractivity contribution in [2.75, 3.05) is 6.54 Å². The Hall–Kier alpha value is -2.63. The Kier molecular flexibility index (Phi) is 4.14. The van der Waals surface area contributed by atoms with Gasteiger partial charge in [-0.15, -0.1) is 0 Å². The molecule has 1 atom stereocenters. The van der Waals surface area contributed by atoms with Gasteiger partial charge in [-0.3, -0.25) is 9.48 Å². The molecule has 6 nitrogen and oxygen atoms in total. The first-order valence-electron chi connectivity index (χ1n) is 8.39. The van der Waals surface area contributed by atoms with Gasteiger partial charge in [0.15, 0.2) is 11.7 Å². The summed E-state index contributed by atoms with van der Waals surface area (Å²) in [5.74, 6) is -1.36. The number of amides is 1. The number of aromatic nitrogens is 2. The van der Waals surface area contributed by atoms with E-state index in [2.05, 4.69) is 5.10 Å². The molecule has 1 aromatic heterocycles. The predicted molar refractivity (Wildman–Crippen MR) is 93.5 cm³/mol. The highest BCUT2D eigenvalue weighted by atomic mass is 16.4. The molecule has 0 spiro atoms. The molecule has 1 aliphatic heterocycles. The van der Waals surface area contributed by atoms with Gasteiger partial charge in [-0.25, -0.2) is 4.79 Å². The minimum atomic E-state index is -1.02. The molecule has 0 saturated heterocycles. The summed E-state index contributed by atoms with van der Waals surface area (Å²) in [5, 5.41) is 14.2. The maximum absolute atomic E-state index is 13.0. The largest absolute Gasteiger partial charge is 0.479 e. The van der Waals surface area contributed by atoms with Gasteiger partial charge in [0.2, 0.25) is 0 Å². The Morgan fingerprint density at radius 1 is 1.24 bits per heavy atom. The molecule has 2 aromatic rings. The quantitative estimate of drug-likeness (QED) is 0.911. The zero-order chi connectivity index (χ0) is 18.4. The molecule has 25 heavy (non-hydrogen) atoms. The summed E-state index contributed by atoms with van der Waals surface area (Å²) < 4.78 is 1.80. The van der Waals surface area contributed by atoms with Gasteiger partial charge in [0, 0.05) is 12.2 Å². The number of hydrogen-bond acceptors (Lipinski definition) is 3. The SMILES string of the molecule is Cc1cc(C(=O)N2CCc3ccccc3[C@@H]2C(=O)O)nn1C(C)(C)C.